The van der Waals surface area contributed by atoms with Gasteiger partial charge in [0.1, 0.15) is 11.4 Å². The molecule has 1 aliphatic rings. The molecule has 0 amide bonds. The number of rotatable bonds is 4. The molecule has 2 aromatic rings. The lowest BCUT2D eigenvalue weighted by Gasteiger charge is -2.37. The van der Waals surface area contributed by atoms with E-state index >= 15 is 0 Å². The van der Waals surface area contributed by atoms with E-state index in [0.717, 1.165) is 22.5 Å². The maximum Gasteiger partial charge on any atom is 0.433 e. The van der Waals surface area contributed by atoms with Gasteiger partial charge in [-0.1, -0.05) is 18.2 Å². The van der Waals surface area contributed by atoms with Crippen LogP contribution in [0.25, 0.3) is 0 Å². The van der Waals surface area contributed by atoms with Crippen LogP contribution in [0, 0.1) is 0 Å². The zero-order valence-corrected chi connectivity index (χ0v) is 15.4. The monoisotopic (exact) mass is 390 g/mol. The quantitative estimate of drug-likeness (QED) is 0.871. The third kappa shape index (κ3) is 4.13. The lowest BCUT2D eigenvalue weighted by molar-refractivity contribution is -0.144. The molecule has 0 aliphatic carbocycles. The lowest BCUT2D eigenvalue weighted by Crippen LogP contribution is -2.45. The summed E-state index contributed by atoms with van der Waals surface area (Å²) in [5, 5.41) is 7.12. The van der Waals surface area contributed by atoms with E-state index < -0.39 is 11.9 Å². The van der Waals surface area contributed by atoms with Gasteiger partial charge in [0, 0.05) is 44.4 Å². The third-order valence-electron chi connectivity index (χ3n) is 4.51. The molecule has 0 radical (unpaired) electrons. The molecule has 1 aromatic carbocycles. The van der Waals surface area contributed by atoms with Gasteiger partial charge in [0.05, 0.1) is 19.3 Å². The molecule has 5 nitrogen and oxygen atoms in total. The van der Waals surface area contributed by atoms with E-state index in [4.69, 9.17) is 4.74 Å². The summed E-state index contributed by atoms with van der Waals surface area (Å²) in [5.41, 5.74) is 0.469. The maximum atomic E-state index is 13.3. The van der Waals surface area contributed by atoms with Crippen molar-refractivity contribution >= 4 is 12.4 Å². The number of hydrogen-bond donors (Lipinski definition) is 1. The summed E-state index contributed by atoms with van der Waals surface area (Å²) in [6, 6.07) is 7.55. The van der Waals surface area contributed by atoms with Gasteiger partial charge in [-0.05, 0) is 6.07 Å². The second-order valence-electron chi connectivity index (χ2n) is 6.07. The SMILES string of the molecule is COc1ccccc1C1CNCCN1Cc1cnn(C)c1C(F)(F)F.Cl. The fraction of sp³-hybridized carbons (Fsp3) is 0.471. The van der Waals surface area contributed by atoms with E-state index in [2.05, 4.69) is 10.4 Å². The number of piperazine rings is 1. The Morgan fingerprint density at radius 2 is 2.04 bits per heavy atom. The summed E-state index contributed by atoms with van der Waals surface area (Å²) < 4.78 is 46.3. The first-order valence-corrected chi connectivity index (χ1v) is 8.07. The zero-order valence-electron chi connectivity index (χ0n) is 14.6. The topological polar surface area (TPSA) is 42.3 Å². The van der Waals surface area contributed by atoms with Gasteiger partial charge in [-0.2, -0.15) is 18.3 Å². The third-order valence-corrected chi connectivity index (χ3v) is 4.51. The maximum absolute atomic E-state index is 13.3. The van der Waals surface area contributed by atoms with Gasteiger partial charge in [-0.15, -0.1) is 12.4 Å². The Labute approximate surface area is 156 Å². The van der Waals surface area contributed by atoms with Crippen LogP contribution in [0.1, 0.15) is 22.9 Å². The first-order chi connectivity index (χ1) is 11.9. The van der Waals surface area contributed by atoms with Crippen molar-refractivity contribution in [3.8, 4) is 5.75 Å². The van der Waals surface area contributed by atoms with Crippen molar-refractivity contribution in [1.29, 1.82) is 0 Å². The zero-order chi connectivity index (χ0) is 18.0. The van der Waals surface area contributed by atoms with E-state index in [9.17, 15) is 13.2 Å². The molecule has 1 aliphatic heterocycles. The Morgan fingerprint density at radius 1 is 1.31 bits per heavy atom. The van der Waals surface area contributed by atoms with Crippen molar-refractivity contribution in [2.45, 2.75) is 18.8 Å². The van der Waals surface area contributed by atoms with Crippen LogP contribution in [-0.4, -0.2) is 41.4 Å². The van der Waals surface area contributed by atoms with E-state index in [1.807, 2.05) is 29.2 Å². The number of ether oxygens (including phenoxy) is 1. The van der Waals surface area contributed by atoms with Crippen molar-refractivity contribution in [3.05, 3.63) is 47.3 Å². The first-order valence-electron chi connectivity index (χ1n) is 8.07. The Kier molecular flexibility index (Phi) is 6.54. The molecule has 1 fully saturated rings. The van der Waals surface area contributed by atoms with Gasteiger partial charge in [0.25, 0.3) is 0 Å². The van der Waals surface area contributed by atoms with Gasteiger partial charge in [-0.25, -0.2) is 0 Å². The average molecular weight is 391 g/mol. The molecule has 1 atom stereocenters. The number of nitrogens with zero attached hydrogens (tertiary/aromatic N) is 3. The Balaban J connectivity index is 0.00000243. The van der Waals surface area contributed by atoms with Crippen LogP contribution < -0.4 is 10.1 Å². The van der Waals surface area contributed by atoms with Gasteiger partial charge in [-0.3, -0.25) is 9.58 Å². The number of benzene rings is 1. The highest BCUT2D eigenvalue weighted by Crippen LogP contribution is 2.35. The number of aryl methyl sites for hydroxylation is 1. The summed E-state index contributed by atoms with van der Waals surface area (Å²) in [6.07, 6.45) is -3.11. The molecule has 1 saturated heterocycles. The number of para-hydroxylation sites is 1. The van der Waals surface area contributed by atoms with Crippen LogP contribution in [0.5, 0.6) is 5.75 Å². The number of methoxy groups -OCH3 is 1. The molecule has 144 valence electrons. The number of alkyl halides is 3. The van der Waals surface area contributed by atoms with E-state index in [-0.39, 0.29) is 30.6 Å². The van der Waals surface area contributed by atoms with Gasteiger partial charge >= 0.3 is 6.18 Å². The minimum Gasteiger partial charge on any atom is -0.496 e. The highest BCUT2D eigenvalue weighted by atomic mass is 35.5. The van der Waals surface area contributed by atoms with Gasteiger partial charge in [0.15, 0.2) is 0 Å². The standard InChI is InChI=1S/C17H21F3N4O.ClH/c1-23-16(17(18,19)20)12(9-22-23)11-24-8-7-21-10-14(24)13-5-3-4-6-15(13)25-2;/h3-6,9,14,21H,7-8,10-11H2,1-2H3;1H. The van der Waals surface area contributed by atoms with Crippen LogP contribution in [0.4, 0.5) is 13.2 Å². The molecule has 1 N–H and O–H groups in total. The van der Waals surface area contributed by atoms with Crippen molar-refractivity contribution in [2.24, 2.45) is 7.05 Å². The lowest BCUT2D eigenvalue weighted by atomic mass is 10.0. The highest BCUT2D eigenvalue weighted by Gasteiger charge is 2.38. The molecule has 0 bridgehead atoms. The van der Waals surface area contributed by atoms with Crippen LogP contribution in [0.3, 0.4) is 0 Å². The van der Waals surface area contributed by atoms with Crippen molar-refractivity contribution < 1.29 is 17.9 Å². The van der Waals surface area contributed by atoms with Crippen LogP contribution in [-0.2, 0) is 19.8 Å². The summed E-state index contributed by atoms with van der Waals surface area (Å²) in [5.74, 6) is 0.739. The van der Waals surface area contributed by atoms with Crippen molar-refractivity contribution in [1.82, 2.24) is 20.0 Å². The second-order valence-corrected chi connectivity index (χ2v) is 6.07. The smallest absolute Gasteiger partial charge is 0.433 e. The first kappa shape index (κ1) is 20.5. The Bertz CT molecular complexity index is 735. The van der Waals surface area contributed by atoms with Crippen LogP contribution >= 0.6 is 12.4 Å². The molecule has 1 aromatic heterocycles. The normalized spacial score (nSPS) is 18.4. The van der Waals surface area contributed by atoms with Gasteiger partial charge < -0.3 is 10.1 Å². The summed E-state index contributed by atoms with van der Waals surface area (Å²) in [7, 11) is 2.92. The van der Waals surface area contributed by atoms with Crippen LogP contribution in [0.2, 0.25) is 0 Å². The Morgan fingerprint density at radius 3 is 2.73 bits per heavy atom. The van der Waals surface area contributed by atoms with Crippen LogP contribution in [0.15, 0.2) is 30.5 Å². The summed E-state index contributed by atoms with van der Waals surface area (Å²) in [6.45, 7) is 2.22. The van der Waals surface area contributed by atoms with E-state index in [0.29, 0.717) is 13.1 Å². The average Bonchev–Trinajstić information content (AvgIpc) is 2.96. The number of nitrogens with one attached hydrogen (secondary N) is 1. The molecule has 3 rings (SSSR count). The second kappa shape index (κ2) is 8.28. The van der Waals surface area contributed by atoms with Crippen molar-refractivity contribution in [3.63, 3.8) is 0 Å². The largest absolute Gasteiger partial charge is 0.496 e. The molecular formula is C17H22ClF3N4O. The van der Waals surface area contributed by atoms with Crippen molar-refractivity contribution in [2.75, 3.05) is 26.7 Å². The summed E-state index contributed by atoms with van der Waals surface area (Å²) >= 11 is 0. The predicted molar refractivity (Wildman–Crippen MR) is 94.5 cm³/mol. The molecular weight excluding hydrogens is 369 g/mol. The fourth-order valence-electron chi connectivity index (χ4n) is 3.37. The molecule has 2 heterocycles. The molecule has 0 spiro atoms. The van der Waals surface area contributed by atoms with Gasteiger partial charge in [0.2, 0.25) is 0 Å². The molecule has 26 heavy (non-hydrogen) atoms. The highest BCUT2D eigenvalue weighted by molar-refractivity contribution is 5.85. The predicted octanol–water partition coefficient (Wildman–Crippen LogP) is 3.02. The molecule has 0 saturated carbocycles. The molecule has 1 unspecified atom stereocenters. The van der Waals surface area contributed by atoms with E-state index in [1.165, 1.54) is 13.2 Å². The number of aromatic nitrogens is 2. The minimum atomic E-state index is -4.42. The Hall–Kier alpha value is -1.77. The summed E-state index contributed by atoms with van der Waals surface area (Å²) in [4.78, 5) is 2.04. The minimum absolute atomic E-state index is 0. The number of hydrogen-bond acceptors (Lipinski definition) is 4. The number of halogens is 4. The van der Waals surface area contributed by atoms with E-state index in [1.54, 1.807) is 7.11 Å². The fourth-order valence-corrected chi connectivity index (χ4v) is 3.37. The molecule has 9 heteroatoms.